The summed E-state index contributed by atoms with van der Waals surface area (Å²) in [5.74, 6) is 2.84. The SMILES string of the molecule is CC1CC(C)C(N2CC(C)CC(C)C2C)C(O)C1. The van der Waals surface area contributed by atoms with Crippen LogP contribution in [0, 0.1) is 23.7 Å². The maximum Gasteiger partial charge on any atom is 0.0700 e. The van der Waals surface area contributed by atoms with E-state index in [2.05, 4.69) is 39.5 Å². The Bertz CT molecular complexity index is 268. The molecule has 2 nitrogen and oxygen atoms in total. The Hall–Kier alpha value is -0.0800. The van der Waals surface area contributed by atoms with E-state index in [1.807, 2.05) is 0 Å². The minimum Gasteiger partial charge on any atom is -0.391 e. The third-order valence-electron chi connectivity index (χ3n) is 5.42. The average molecular weight is 253 g/mol. The number of aliphatic hydroxyl groups is 1. The van der Waals surface area contributed by atoms with Crippen LogP contribution in [0.15, 0.2) is 0 Å². The lowest BCUT2D eigenvalue weighted by Crippen LogP contribution is -2.58. The quantitative estimate of drug-likeness (QED) is 0.776. The van der Waals surface area contributed by atoms with Gasteiger partial charge >= 0.3 is 0 Å². The van der Waals surface area contributed by atoms with Crippen molar-refractivity contribution < 1.29 is 5.11 Å². The van der Waals surface area contributed by atoms with Crippen LogP contribution in [0.2, 0.25) is 0 Å². The molecule has 0 aromatic carbocycles. The minimum atomic E-state index is -0.122. The van der Waals surface area contributed by atoms with Gasteiger partial charge in [-0.15, -0.1) is 0 Å². The summed E-state index contributed by atoms with van der Waals surface area (Å²) in [7, 11) is 0. The van der Waals surface area contributed by atoms with Crippen LogP contribution in [0.4, 0.5) is 0 Å². The zero-order chi connectivity index (χ0) is 13.4. The molecule has 0 bridgehead atoms. The number of nitrogens with zero attached hydrogens (tertiary/aromatic N) is 1. The summed E-state index contributed by atoms with van der Waals surface area (Å²) in [4.78, 5) is 2.63. The van der Waals surface area contributed by atoms with Crippen molar-refractivity contribution in [3.05, 3.63) is 0 Å². The van der Waals surface area contributed by atoms with Gasteiger partial charge < -0.3 is 5.11 Å². The van der Waals surface area contributed by atoms with Crippen LogP contribution in [0.25, 0.3) is 0 Å². The summed E-state index contributed by atoms with van der Waals surface area (Å²) >= 11 is 0. The van der Waals surface area contributed by atoms with E-state index >= 15 is 0 Å². The number of likely N-dealkylation sites (tertiary alicyclic amines) is 1. The van der Waals surface area contributed by atoms with Crippen molar-refractivity contribution in [2.75, 3.05) is 6.54 Å². The molecule has 0 spiro atoms. The normalized spacial score (nSPS) is 51.3. The summed E-state index contributed by atoms with van der Waals surface area (Å²) in [5, 5.41) is 10.5. The lowest BCUT2D eigenvalue weighted by Gasteiger charge is -2.51. The Morgan fingerprint density at radius 1 is 0.833 bits per heavy atom. The second-order valence-electron chi connectivity index (χ2n) is 7.37. The molecule has 1 aliphatic heterocycles. The summed E-state index contributed by atoms with van der Waals surface area (Å²) in [6.45, 7) is 12.9. The molecular formula is C16H31NO. The lowest BCUT2D eigenvalue weighted by molar-refractivity contribution is -0.0690. The number of hydrogen-bond donors (Lipinski definition) is 1. The molecule has 18 heavy (non-hydrogen) atoms. The van der Waals surface area contributed by atoms with Gasteiger partial charge in [-0.25, -0.2) is 0 Å². The van der Waals surface area contributed by atoms with E-state index in [0.29, 0.717) is 23.9 Å². The van der Waals surface area contributed by atoms with Crippen LogP contribution in [0.3, 0.4) is 0 Å². The van der Waals surface area contributed by atoms with Crippen molar-refractivity contribution in [2.24, 2.45) is 23.7 Å². The Morgan fingerprint density at radius 2 is 1.44 bits per heavy atom. The molecular weight excluding hydrogens is 222 g/mol. The van der Waals surface area contributed by atoms with E-state index in [0.717, 1.165) is 18.3 Å². The van der Waals surface area contributed by atoms with Gasteiger partial charge in [0.2, 0.25) is 0 Å². The smallest absolute Gasteiger partial charge is 0.0700 e. The van der Waals surface area contributed by atoms with Crippen LogP contribution in [-0.4, -0.2) is 34.7 Å². The molecule has 106 valence electrons. The first-order valence-corrected chi connectivity index (χ1v) is 7.84. The average Bonchev–Trinajstić information content (AvgIpc) is 2.23. The number of rotatable bonds is 1. The van der Waals surface area contributed by atoms with Gasteiger partial charge in [-0.2, -0.15) is 0 Å². The fraction of sp³-hybridized carbons (Fsp3) is 1.00. The van der Waals surface area contributed by atoms with E-state index < -0.39 is 0 Å². The zero-order valence-corrected chi connectivity index (χ0v) is 12.8. The third kappa shape index (κ3) is 2.75. The van der Waals surface area contributed by atoms with Crippen molar-refractivity contribution in [2.45, 2.75) is 72.1 Å². The van der Waals surface area contributed by atoms with E-state index in [4.69, 9.17) is 0 Å². The lowest BCUT2D eigenvalue weighted by atomic mass is 9.74. The molecule has 2 heteroatoms. The monoisotopic (exact) mass is 253 g/mol. The van der Waals surface area contributed by atoms with E-state index in [9.17, 15) is 5.11 Å². The van der Waals surface area contributed by atoms with Gasteiger partial charge in [0.15, 0.2) is 0 Å². The fourth-order valence-electron chi connectivity index (χ4n) is 4.50. The maximum atomic E-state index is 10.5. The van der Waals surface area contributed by atoms with Gasteiger partial charge in [-0.05, 0) is 49.9 Å². The number of hydrogen-bond acceptors (Lipinski definition) is 2. The van der Waals surface area contributed by atoms with Gasteiger partial charge in [-0.1, -0.05) is 27.7 Å². The first-order valence-electron chi connectivity index (χ1n) is 7.84. The molecule has 0 aromatic rings. The zero-order valence-electron chi connectivity index (χ0n) is 12.8. The highest BCUT2D eigenvalue weighted by Crippen LogP contribution is 2.37. The van der Waals surface area contributed by atoms with Crippen molar-refractivity contribution in [3.63, 3.8) is 0 Å². The van der Waals surface area contributed by atoms with Crippen LogP contribution in [-0.2, 0) is 0 Å². The summed E-state index contributed by atoms with van der Waals surface area (Å²) in [5.41, 5.74) is 0. The first-order chi connectivity index (χ1) is 8.40. The Morgan fingerprint density at radius 3 is 2.06 bits per heavy atom. The van der Waals surface area contributed by atoms with Crippen molar-refractivity contribution >= 4 is 0 Å². The molecule has 1 N–H and O–H groups in total. The molecule has 1 saturated heterocycles. The number of piperidine rings is 1. The van der Waals surface area contributed by atoms with Gasteiger partial charge in [-0.3, -0.25) is 4.90 Å². The highest BCUT2D eigenvalue weighted by molar-refractivity contribution is 4.95. The van der Waals surface area contributed by atoms with E-state index in [1.54, 1.807) is 0 Å². The van der Waals surface area contributed by atoms with E-state index in [-0.39, 0.29) is 6.10 Å². The second-order valence-corrected chi connectivity index (χ2v) is 7.37. The Balaban J connectivity index is 2.13. The van der Waals surface area contributed by atoms with Crippen molar-refractivity contribution in [3.8, 4) is 0 Å². The van der Waals surface area contributed by atoms with Crippen molar-refractivity contribution in [1.82, 2.24) is 4.90 Å². The molecule has 7 unspecified atom stereocenters. The molecule has 2 aliphatic rings. The molecule has 1 heterocycles. The van der Waals surface area contributed by atoms with Gasteiger partial charge in [0.1, 0.15) is 0 Å². The van der Waals surface area contributed by atoms with E-state index in [1.165, 1.54) is 19.4 Å². The van der Waals surface area contributed by atoms with Crippen LogP contribution < -0.4 is 0 Å². The highest BCUT2D eigenvalue weighted by atomic mass is 16.3. The maximum absolute atomic E-state index is 10.5. The standard InChI is InChI=1S/C16H31NO/c1-10-6-13(4)16(15(18)8-10)17-9-11(2)7-12(3)14(17)5/h10-16,18H,6-9H2,1-5H3. The molecule has 0 aromatic heterocycles. The highest BCUT2D eigenvalue weighted by Gasteiger charge is 2.41. The Kier molecular flexibility index (Phi) is 4.38. The minimum absolute atomic E-state index is 0.122. The predicted molar refractivity (Wildman–Crippen MR) is 76.5 cm³/mol. The van der Waals surface area contributed by atoms with Crippen molar-refractivity contribution in [1.29, 1.82) is 0 Å². The van der Waals surface area contributed by atoms with Gasteiger partial charge in [0.25, 0.3) is 0 Å². The third-order valence-corrected chi connectivity index (χ3v) is 5.42. The summed E-state index contributed by atoms with van der Waals surface area (Å²) < 4.78 is 0. The summed E-state index contributed by atoms with van der Waals surface area (Å²) in [6, 6.07) is 1.01. The Labute approximate surface area is 113 Å². The molecule has 1 aliphatic carbocycles. The molecule has 0 amide bonds. The van der Waals surface area contributed by atoms with Crippen LogP contribution in [0.1, 0.15) is 53.9 Å². The predicted octanol–water partition coefficient (Wildman–Crippen LogP) is 3.15. The first kappa shape index (κ1) is 14.3. The molecule has 1 saturated carbocycles. The van der Waals surface area contributed by atoms with Gasteiger partial charge in [0.05, 0.1) is 6.10 Å². The molecule has 7 atom stereocenters. The number of aliphatic hydroxyl groups excluding tert-OH is 1. The molecule has 2 rings (SSSR count). The molecule has 2 fully saturated rings. The second kappa shape index (κ2) is 5.50. The van der Waals surface area contributed by atoms with Gasteiger partial charge in [0, 0.05) is 18.6 Å². The largest absolute Gasteiger partial charge is 0.391 e. The fourth-order valence-corrected chi connectivity index (χ4v) is 4.50. The summed E-state index contributed by atoms with van der Waals surface area (Å²) in [6.07, 6.45) is 3.48. The topological polar surface area (TPSA) is 23.5 Å². The molecule has 0 radical (unpaired) electrons. The van der Waals surface area contributed by atoms with Crippen LogP contribution >= 0.6 is 0 Å². The van der Waals surface area contributed by atoms with Crippen LogP contribution in [0.5, 0.6) is 0 Å².